The molecular weight excluding hydrogens is 212 g/mol. The van der Waals surface area contributed by atoms with Gasteiger partial charge in [-0.1, -0.05) is 39.0 Å². The molecule has 0 aromatic rings. The third-order valence-corrected chi connectivity index (χ3v) is 4.70. The summed E-state index contributed by atoms with van der Waals surface area (Å²) >= 11 is 0. The molecule has 100 valence electrons. The molecule has 2 atom stereocenters. The molecule has 1 saturated heterocycles. The van der Waals surface area contributed by atoms with E-state index in [1.807, 2.05) is 0 Å². The van der Waals surface area contributed by atoms with E-state index in [0.29, 0.717) is 12.0 Å². The first kappa shape index (κ1) is 13.4. The van der Waals surface area contributed by atoms with E-state index in [1.54, 1.807) is 0 Å². The zero-order chi connectivity index (χ0) is 12.1. The quantitative estimate of drug-likeness (QED) is 0.763. The molecule has 2 rings (SSSR count). The highest BCUT2D eigenvalue weighted by Gasteiger charge is 2.41. The van der Waals surface area contributed by atoms with Crippen molar-refractivity contribution in [1.29, 1.82) is 0 Å². The number of aliphatic hydroxyl groups is 1. The molecule has 1 aliphatic heterocycles. The molecule has 2 nitrogen and oxygen atoms in total. The van der Waals surface area contributed by atoms with E-state index in [9.17, 15) is 5.11 Å². The number of rotatable bonds is 3. The average Bonchev–Trinajstić information content (AvgIpc) is 2.58. The molecule has 1 aliphatic carbocycles. The van der Waals surface area contributed by atoms with Crippen LogP contribution < -0.4 is 0 Å². The Hall–Kier alpha value is -0.0800. The van der Waals surface area contributed by atoms with Gasteiger partial charge in [0, 0.05) is 13.0 Å². The predicted octanol–water partition coefficient (Wildman–Crippen LogP) is 3.67. The number of ether oxygens (including phenoxy) is 1. The van der Waals surface area contributed by atoms with Gasteiger partial charge in [0.2, 0.25) is 0 Å². The van der Waals surface area contributed by atoms with Crippen molar-refractivity contribution in [2.75, 3.05) is 6.61 Å². The fourth-order valence-corrected chi connectivity index (χ4v) is 3.65. The second-order valence-corrected chi connectivity index (χ2v) is 6.03. The molecule has 2 fully saturated rings. The van der Waals surface area contributed by atoms with E-state index >= 15 is 0 Å². The minimum Gasteiger partial charge on any atom is -0.389 e. The Morgan fingerprint density at radius 2 is 1.88 bits per heavy atom. The number of hydrogen-bond acceptors (Lipinski definition) is 2. The van der Waals surface area contributed by atoms with E-state index in [4.69, 9.17) is 4.74 Å². The predicted molar refractivity (Wildman–Crippen MR) is 70.0 cm³/mol. The van der Waals surface area contributed by atoms with Gasteiger partial charge in [-0.05, 0) is 31.6 Å². The smallest absolute Gasteiger partial charge is 0.0722 e. The van der Waals surface area contributed by atoms with Crippen molar-refractivity contribution in [1.82, 2.24) is 0 Å². The van der Waals surface area contributed by atoms with Gasteiger partial charge >= 0.3 is 0 Å². The minimum absolute atomic E-state index is 0.307. The SMILES string of the molecule is CCCC1CC(O)(C2CCCCCC2)CCO1. The lowest BCUT2D eigenvalue weighted by Gasteiger charge is -2.42. The van der Waals surface area contributed by atoms with Crippen LogP contribution >= 0.6 is 0 Å². The molecule has 1 heterocycles. The Balaban J connectivity index is 1.95. The van der Waals surface area contributed by atoms with Crippen LogP contribution in [0.1, 0.15) is 71.1 Å². The van der Waals surface area contributed by atoms with E-state index in [0.717, 1.165) is 32.3 Å². The van der Waals surface area contributed by atoms with Gasteiger partial charge in [-0.3, -0.25) is 0 Å². The highest BCUT2D eigenvalue weighted by atomic mass is 16.5. The van der Waals surface area contributed by atoms with Gasteiger partial charge < -0.3 is 9.84 Å². The van der Waals surface area contributed by atoms with E-state index in [2.05, 4.69) is 6.92 Å². The molecule has 0 amide bonds. The zero-order valence-corrected chi connectivity index (χ0v) is 11.3. The molecule has 0 aromatic carbocycles. The third kappa shape index (κ3) is 3.45. The Kier molecular flexibility index (Phi) is 4.87. The molecule has 2 aliphatic rings. The van der Waals surface area contributed by atoms with Crippen LogP contribution in [-0.4, -0.2) is 23.4 Å². The molecule has 1 saturated carbocycles. The van der Waals surface area contributed by atoms with Gasteiger partial charge in [-0.25, -0.2) is 0 Å². The maximum absolute atomic E-state index is 10.9. The summed E-state index contributed by atoms with van der Waals surface area (Å²) in [7, 11) is 0. The Morgan fingerprint density at radius 1 is 1.18 bits per heavy atom. The van der Waals surface area contributed by atoms with Crippen molar-refractivity contribution in [3.05, 3.63) is 0 Å². The molecule has 2 heteroatoms. The molecule has 0 radical (unpaired) electrons. The van der Waals surface area contributed by atoms with Crippen molar-refractivity contribution in [3.63, 3.8) is 0 Å². The fraction of sp³-hybridized carbons (Fsp3) is 1.00. The third-order valence-electron chi connectivity index (χ3n) is 4.70. The highest BCUT2D eigenvalue weighted by molar-refractivity contribution is 4.92. The van der Waals surface area contributed by atoms with E-state index < -0.39 is 5.60 Å². The van der Waals surface area contributed by atoms with Gasteiger partial charge in [0.25, 0.3) is 0 Å². The zero-order valence-electron chi connectivity index (χ0n) is 11.3. The molecule has 17 heavy (non-hydrogen) atoms. The van der Waals surface area contributed by atoms with Crippen LogP contribution in [0.2, 0.25) is 0 Å². The summed E-state index contributed by atoms with van der Waals surface area (Å²) in [5, 5.41) is 10.9. The Labute approximate surface area is 106 Å². The number of hydrogen-bond donors (Lipinski definition) is 1. The lowest BCUT2D eigenvalue weighted by Crippen LogP contribution is -2.46. The standard InChI is InChI=1S/C15H28O2/c1-2-7-14-12-15(16,10-11-17-14)13-8-5-3-4-6-9-13/h13-14,16H,2-12H2,1H3. The van der Waals surface area contributed by atoms with Crippen LogP contribution in [0.3, 0.4) is 0 Å². The molecular formula is C15H28O2. The van der Waals surface area contributed by atoms with Gasteiger partial charge in [0.15, 0.2) is 0 Å². The first-order chi connectivity index (χ1) is 8.24. The monoisotopic (exact) mass is 240 g/mol. The minimum atomic E-state index is -0.414. The summed E-state index contributed by atoms with van der Waals surface area (Å²) < 4.78 is 5.78. The normalized spacial score (nSPS) is 36.7. The van der Waals surface area contributed by atoms with Crippen LogP contribution in [0.15, 0.2) is 0 Å². The van der Waals surface area contributed by atoms with Crippen molar-refractivity contribution < 1.29 is 9.84 Å². The van der Waals surface area contributed by atoms with Crippen LogP contribution in [-0.2, 0) is 4.74 Å². The van der Waals surface area contributed by atoms with Crippen molar-refractivity contribution in [2.24, 2.45) is 5.92 Å². The topological polar surface area (TPSA) is 29.5 Å². The van der Waals surface area contributed by atoms with E-state index in [-0.39, 0.29) is 0 Å². The second kappa shape index (κ2) is 6.19. The van der Waals surface area contributed by atoms with Crippen LogP contribution in [0.5, 0.6) is 0 Å². The lowest BCUT2D eigenvalue weighted by molar-refractivity contribution is -0.135. The highest BCUT2D eigenvalue weighted by Crippen LogP contribution is 2.40. The summed E-state index contributed by atoms with van der Waals surface area (Å²) in [6, 6.07) is 0. The maximum atomic E-state index is 10.9. The molecule has 1 N–H and O–H groups in total. The Bertz CT molecular complexity index is 219. The molecule has 0 bridgehead atoms. The molecule has 0 aromatic heterocycles. The van der Waals surface area contributed by atoms with Crippen LogP contribution in [0, 0.1) is 5.92 Å². The summed E-state index contributed by atoms with van der Waals surface area (Å²) in [6.45, 7) is 2.96. The largest absolute Gasteiger partial charge is 0.389 e. The second-order valence-electron chi connectivity index (χ2n) is 6.03. The fourth-order valence-electron chi connectivity index (χ4n) is 3.65. The molecule has 0 spiro atoms. The van der Waals surface area contributed by atoms with Gasteiger partial charge in [-0.15, -0.1) is 0 Å². The van der Waals surface area contributed by atoms with Crippen molar-refractivity contribution in [3.8, 4) is 0 Å². The summed E-state index contributed by atoms with van der Waals surface area (Å²) in [5.74, 6) is 0.535. The molecule has 2 unspecified atom stereocenters. The average molecular weight is 240 g/mol. The lowest BCUT2D eigenvalue weighted by atomic mass is 9.75. The maximum Gasteiger partial charge on any atom is 0.0722 e. The first-order valence-corrected chi connectivity index (χ1v) is 7.58. The van der Waals surface area contributed by atoms with Gasteiger partial charge in [-0.2, -0.15) is 0 Å². The summed E-state index contributed by atoms with van der Waals surface area (Å²) in [5.41, 5.74) is -0.414. The van der Waals surface area contributed by atoms with Crippen molar-refractivity contribution >= 4 is 0 Å². The van der Waals surface area contributed by atoms with Crippen LogP contribution in [0.25, 0.3) is 0 Å². The van der Waals surface area contributed by atoms with Crippen molar-refractivity contribution in [2.45, 2.75) is 82.8 Å². The van der Waals surface area contributed by atoms with Crippen LogP contribution in [0.4, 0.5) is 0 Å². The first-order valence-electron chi connectivity index (χ1n) is 7.58. The Morgan fingerprint density at radius 3 is 2.53 bits per heavy atom. The summed E-state index contributed by atoms with van der Waals surface area (Å²) in [4.78, 5) is 0. The van der Waals surface area contributed by atoms with E-state index in [1.165, 1.54) is 38.5 Å². The summed E-state index contributed by atoms with van der Waals surface area (Å²) in [6.07, 6.45) is 12.1. The van der Waals surface area contributed by atoms with Gasteiger partial charge in [0.1, 0.15) is 0 Å². The van der Waals surface area contributed by atoms with Gasteiger partial charge in [0.05, 0.1) is 11.7 Å².